The number of nitrogens with zero attached hydrogens (tertiary/aromatic N) is 4. The second-order valence-electron chi connectivity index (χ2n) is 8.40. The first-order chi connectivity index (χ1) is 16.5. The maximum Gasteiger partial charge on any atom is 0.258 e. The lowest BCUT2D eigenvalue weighted by Gasteiger charge is -2.33. The molecule has 2 aliphatic heterocycles. The summed E-state index contributed by atoms with van der Waals surface area (Å²) in [6.07, 6.45) is 5.38. The van der Waals surface area contributed by atoms with Crippen LogP contribution in [0.4, 0.5) is 11.5 Å². The number of fused-ring (bicyclic) bond motifs is 1. The predicted molar refractivity (Wildman–Crippen MR) is 127 cm³/mol. The molecule has 0 spiro atoms. The molecular formula is C25H23N5O4. The summed E-state index contributed by atoms with van der Waals surface area (Å²) in [5, 5.41) is 2.38. The third-order valence-electron chi connectivity index (χ3n) is 6.18. The molecule has 4 heterocycles. The van der Waals surface area contributed by atoms with Crippen LogP contribution in [-0.2, 0) is 4.79 Å². The largest absolute Gasteiger partial charge is 0.461 e. The van der Waals surface area contributed by atoms with Crippen LogP contribution in [-0.4, -0.2) is 67.4 Å². The number of likely N-dealkylation sites (N-methyl/N-ethyl adjacent to an activating group) is 1. The van der Waals surface area contributed by atoms with Gasteiger partial charge in [0.15, 0.2) is 17.9 Å². The Morgan fingerprint density at radius 1 is 1.09 bits per heavy atom. The Morgan fingerprint density at radius 2 is 1.91 bits per heavy atom. The van der Waals surface area contributed by atoms with Crippen LogP contribution in [0, 0.1) is 0 Å². The molecule has 9 nitrogen and oxygen atoms in total. The van der Waals surface area contributed by atoms with E-state index in [0.717, 1.165) is 37.4 Å². The summed E-state index contributed by atoms with van der Waals surface area (Å²) < 4.78 is 5.19. The van der Waals surface area contributed by atoms with Gasteiger partial charge in [-0.2, -0.15) is 0 Å². The summed E-state index contributed by atoms with van der Waals surface area (Å²) in [6.45, 7) is 3.90. The van der Waals surface area contributed by atoms with Gasteiger partial charge in [0.05, 0.1) is 24.1 Å². The first kappa shape index (κ1) is 21.7. The maximum absolute atomic E-state index is 12.7. The SMILES string of the molecule is CN1CCN(c2ccc(N=CC3C(=O)NC(=O)c4ccc(-c5coc(C=O)c5)cc43)nc2)CC1. The Morgan fingerprint density at radius 3 is 2.62 bits per heavy atom. The Bertz CT molecular complexity index is 1270. The van der Waals surface area contributed by atoms with Crippen LogP contribution in [0.15, 0.2) is 58.3 Å². The monoisotopic (exact) mass is 457 g/mol. The number of piperazine rings is 1. The number of pyridine rings is 1. The Hall–Kier alpha value is -4.11. The molecule has 5 rings (SSSR count). The molecule has 1 atom stereocenters. The summed E-state index contributed by atoms with van der Waals surface area (Å²) >= 11 is 0. The molecular weight excluding hydrogens is 434 g/mol. The number of anilines is 1. The quantitative estimate of drug-likeness (QED) is 0.356. The molecule has 172 valence electrons. The lowest BCUT2D eigenvalue weighted by molar-refractivity contribution is -0.120. The highest BCUT2D eigenvalue weighted by molar-refractivity contribution is 6.17. The summed E-state index contributed by atoms with van der Waals surface area (Å²) in [4.78, 5) is 49.4. The minimum Gasteiger partial charge on any atom is -0.461 e. The normalized spacial score (nSPS) is 18.7. The lowest BCUT2D eigenvalue weighted by atomic mass is 9.88. The molecule has 9 heteroatoms. The molecule has 3 aromatic rings. The number of aliphatic imine (C=N–C) groups is 1. The highest BCUT2D eigenvalue weighted by Gasteiger charge is 2.31. The fourth-order valence-electron chi connectivity index (χ4n) is 4.18. The van der Waals surface area contributed by atoms with Crippen LogP contribution in [0.5, 0.6) is 0 Å². The number of nitrogens with one attached hydrogen (secondary N) is 1. The number of aromatic nitrogens is 1. The van der Waals surface area contributed by atoms with Crippen LogP contribution in [0.25, 0.3) is 11.1 Å². The number of carbonyl (C=O) groups is 3. The molecule has 1 N–H and O–H groups in total. The summed E-state index contributed by atoms with van der Waals surface area (Å²) in [5.41, 5.74) is 3.39. The molecule has 0 aliphatic carbocycles. The van der Waals surface area contributed by atoms with Gasteiger partial charge < -0.3 is 14.2 Å². The van der Waals surface area contributed by atoms with E-state index in [1.54, 1.807) is 30.5 Å². The van der Waals surface area contributed by atoms with Gasteiger partial charge in [-0.1, -0.05) is 6.07 Å². The first-order valence-electron chi connectivity index (χ1n) is 11.0. The number of hydrogen-bond acceptors (Lipinski definition) is 8. The van der Waals surface area contributed by atoms with E-state index in [4.69, 9.17) is 4.42 Å². The summed E-state index contributed by atoms with van der Waals surface area (Å²) in [7, 11) is 2.11. The number of aldehydes is 1. The van der Waals surface area contributed by atoms with Crippen molar-refractivity contribution in [2.45, 2.75) is 5.92 Å². The van der Waals surface area contributed by atoms with Crippen molar-refractivity contribution >= 4 is 35.8 Å². The molecule has 2 aliphatic rings. The van der Waals surface area contributed by atoms with Crippen molar-refractivity contribution in [3.63, 3.8) is 0 Å². The molecule has 1 fully saturated rings. The van der Waals surface area contributed by atoms with Gasteiger partial charge in [0.2, 0.25) is 5.91 Å². The van der Waals surface area contributed by atoms with E-state index in [2.05, 4.69) is 32.1 Å². The van der Waals surface area contributed by atoms with Gasteiger partial charge in [-0.05, 0) is 48.5 Å². The molecule has 2 aromatic heterocycles. The van der Waals surface area contributed by atoms with E-state index < -0.39 is 17.7 Å². The van der Waals surface area contributed by atoms with Crippen molar-refractivity contribution < 1.29 is 18.8 Å². The highest BCUT2D eigenvalue weighted by Crippen LogP contribution is 2.31. The Balaban J connectivity index is 1.40. The zero-order valence-corrected chi connectivity index (χ0v) is 18.6. The van der Waals surface area contributed by atoms with Gasteiger partial charge in [-0.25, -0.2) is 9.98 Å². The van der Waals surface area contributed by atoms with Crippen LogP contribution in [0.1, 0.15) is 32.4 Å². The number of imide groups is 1. The van der Waals surface area contributed by atoms with Crippen molar-refractivity contribution in [3.05, 3.63) is 65.7 Å². The number of amides is 2. The van der Waals surface area contributed by atoms with Gasteiger partial charge in [-0.3, -0.25) is 19.7 Å². The van der Waals surface area contributed by atoms with Crippen molar-refractivity contribution in [1.82, 2.24) is 15.2 Å². The molecule has 0 bridgehead atoms. The number of carbonyl (C=O) groups excluding carboxylic acids is 3. The van der Waals surface area contributed by atoms with Crippen molar-refractivity contribution in [1.29, 1.82) is 0 Å². The minimum absolute atomic E-state index is 0.200. The highest BCUT2D eigenvalue weighted by atomic mass is 16.3. The van der Waals surface area contributed by atoms with Gasteiger partial charge in [-0.15, -0.1) is 0 Å². The zero-order chi connectivity index (χ0) is 23.7. The molecule has 34 heavy (non-hydrogen) atoms. The van der Waals surface area contributed by atoms with E-state index in [1.807, 2.05) is 12.1 Å². The van der Waals surface area contributed by atoms with Gasteiger partial charge in [0.1, 0.15) is 0 Å². The van der Waals surface area contributed by atoms with E-state index >= 15 is 0 Å². The Labute approximate surface area is 196 Å². The molecule has 2 amide bonds. The number of furan rings is 1. The Kier molecular flexibility index (Phi) is 5.77. The van der Waals surface area contributed by atoms with E-state index in [0.29, 0.717) is 28.8 Å². The van der Waals surface area contributed by atoms with Crippen LogP contribution < -0.4 is 10.2 Å². The fourth-order valence-corrected chi connectivity index (χ4v) is 4.18. The van der Waals surface area contributed by atoms with Gasteiger partial charge in [0.25, 0.3) is 5.91 Å². The standard InChI is InChI=1S/C25H23N5O4/c1-29-6-8-30(9-7-29)18-3-5-23(26-12-18)27-13-22-21-11-16(17-10-19(14-31)34-15-17)2-4-20(21)24(32)28-25(22)33/h2-5,10-15,22H,6-9H2,1H3,(H,28,32,33). The molecule has 0 radical (unpaired) electrons. The molecule has 1 unspecified atom stereocenters. The minimum atomic E-state index is -0.760. The zero-order valence-electron chi connectivity index (χ0n) is 18.6. The third-order valence-corrected chi connectivity index (χ3v) is 6.18. The van der Waals surface area contributed by atoms with E-state index in [1.165, 1.54) is 12.5 Å². The third kappa shape index (κ3) is 4.25. The second-order valence-corrected chi connectivity index (χ2v) is 8.40. The van der Waals surface area contributed by atoms with Crippen LogP contribution >= 0.6 is 0 Å². The van der Waals surface area contributed by atoms with Gasteiger partial charge in [0, 0.05) is 43.5 Å². The van der Waals surface area contributed by atoms with E-state index in [9.17, 15) is 14.4 Å². The molecule has 0 saturated carbocycles. The maximum atomic E-state index is 12.7. The van der Waals surface area contributed by atoms with Crippen LogP contribution in [0.2, 0.25) is 0 Å². The predicted octanol–water partition coefficient (Wildman–Crippen LogP) is 2.66. The lowest BCUT2D eigenvalue weighted by Crippen LogP contribution is -2.44. The smallest absolute Gasteiger partial charge is 0.258 e. The van der Waals surface area contributed by atoms with Crippen molar-refractivity contribution in [2.75, 3.05) is 38.1 Å². The molecule has 1 saturated heterocycles. The van der Waals surface area contributed by atoms with E-state index in [-0.39, 0.29) is 5.76 Å². The number of rotatable bonds is 5. The number of hydrogen-bond donors (Lipinski definition) is 1. The second kappa shape index (κ2) is 9.03. The van der Waals surface area contributed by atoms with Crippen LogP contribution in [0.3, 0.4) is 0 Å². The summed E-state index contributed by atoms with van der Waals surface area (Å²) in [6, 6.07) is 10.6. The number of benzene rings is 1. The average Bonchev–Trinajstić information content (AvgIpc) is 3.34. The molecule has 1 aromatic carbocycles. The summed E-state index contributed by atoms with van der Waals surface area (Å²) in [5.74, 6) is -0.986. The van der Waals surface area contributed by atoms with Crippen molar-refractivity contribution in [2.24, 2.45) is 4.99 Å². The first-order valence-corrected chi connectivity index (χ1v) is 11.0. The van der Waals surface area contributed by atoms with Crippen molar-refractivity contribution in [3.8, 4) is 11.1 Å². The fraction of sp³-hybridized carbons (Fsp3) is 0.240. The average molecular weight is 457 g/mol. The van der Waals surface area contributed by atoms with Gasteiger partial charge >= 0.3 is 0 Å². The topological polar surface area (TPSA) is 108 Å².